The van der Waals surface area contributed by atoms with Crippen molar-refractivity contribution in [2.24, 2.45) is 0 Å². The van der Waals surface area contributed by atoms with Crippen molar-refractivity contribution in [3.8, 4) is 0 Å². The van der Waals surface area contributed by atoms with Crippen molar-refractivity contribution < 1.29 is 0 Å². The van der Waals surface area contributed by atoms with E-state index in [-0.39, 0.29) is 0 Å². The van der Waals surface area contributed by atoms with E-state index in [4.69, 9.17) is 0 Å². The summed E-state index contributed by atoms with van der Waals surface area (Å²) in [6, 6.07) is 0. The average Bonchev–Trinajstić information content (AvgIpc) is 2.45. The average molecular weight is 432 g/mol. The van der Waals surface area contributed by atoms with Gasteiger partial charge in [-0.1, -0.05) is 0 Å². The van der Waals surface area contributed by atoms with Crippen LogP contribution in [0.5, 0.6) is 0 Å². The zero-order valence-corrected chi connectivity index (χ0v) is 27.2. The van der Waals surface area contributed by atoms with Gasteiger partial charge in [0.05, 0.1) is 0 Å². The van der Waals surface area contributed by atoms with Crippen LogP contribution < -0.4 is 0 Å². The molecule has 0 aliphatic carbocycles. The van der Waals surface area contributed by atoms with Gasteiger partial charge in [0.2, 0.25) is 0 Å². The van der Waals surface area contributed by atoms with Crippen molar-refractivity contribution in [2.75, 3.05) is 39.3 Å². The Bertz CT molecular complexity index is 104. The Labute approximate surface area is 147 Å². The van der Waals surface area contributed by atoms with Crippen LogP contribution in [-0.2, 0) is 0 Å². The van der Waals surface area contributed by atoms with Gasteiger partial charge in [-0.05, 0) is 0 Å². The van der Waals surface area contributed by atoms with Crippen LogP contribution in [-0.4, -0.2) is 107 Å². The molecule has 18 heavy (non-hydrogen) atoms. The summed E-state index contributed by atoms with van der Waals surface area (Å²) in [5.74, 6) is 0. The van der Waals surface area contributed by atoms with Crippen molar-refractivity contribution in [2.45, 2.75) is 41.5 Å². The van der Waals surface area contributed by atoms with Crippen LogP contribution in [0.1, 0.15) is 41.5 Å². The van der Waals surface area contributed by atoms with Crippen LogP contribution in [0.15, 0.2) is 0 Å². The molecule has 0 aliphatic rings. The van der Waals surface area contributed by atoms with Crippen molar-refractivity contribution in [3.63, 3.8) is 0 Å². The first-order valence-corrected chi connectivity index (χ1v) is 13.1. The van der Waals surface area contributed by atoms with Crippen molar-refractivity contribution in [1.29, 1.82) is 0 Å². The molecule has 0 saturated carbocycles. The van der Waals surface area contributed by atoms with Gasteiger partial charge >= 0.3 is 148 Å². The molecule has 0 N–H and O–H groups in total. The molecule has 0 radical (unpaired) electrons. The normalized spacial score (nSPS) is 9.83. The minimum absolute atomic E-state index is 0.913. The second-order valence-corrected chi connectivity index (χ2v) is 12.4. The van der Waals surface area contributed by atoms with E-state index in [2.05, 4.69) is 52.4 Å². The number of hydrogen-bond donors (Lipinski definition) is 0. The summed E-state index contributed by atoms with van der Waals surface area (Å²) < 4.78 is 7.31. The minimum atomic E-state index is 0.913. The first kappa shape index (κ1) is 24.8. The molecule has 0 aromatic heterocycles. The van der Waals surface area contributed by atoms with E-state index >= 15 is 0 Å². The van der Waals surface area contributed by atoms with Gasteiger partial charge in [0.25, 0.3) is 0 Å². The molecule has 108 valence electrons. The molecule has 0 amide bonds. The molecule has 0 bridgehead atoms. The summed E-state index contributed by atoms with van der Waals surface area (Å²) in [6.45, 7) is 20.7. The van der Waals surface area contributed by atoms with Crippen LogP contribution >= 0.6 is 0 Å². The first-order chi connectivity index (χ1) is 8.42. The Balaban J connectivity index is -0.000000187. The van der Waals surface area contributed by atoms with Gasteiger partial charge in [-0.2, -0.15) is 0 Å². The van der Waals surface area contributed by atoms with Gasteiger partial charge in [0.1, 0.15) is 0 Å². The second kappa shape index (κ2) is 21.1. The molecular formula is C12H36Ga3N3. The topological polar surface area (TPSA) is 9.72 Å². The van der Waals surface area contributed by atoms with Gasteiger partial charge < -0.3 is 0 Å². The molecule has 0 unspecified atom stereocenters. The molecule has 0 fully saturated rings. The van der Waals surface area contributed by atoms with Crippen molar-refractivity contribution in [3.05, 3.63) is 0 Å². The van der Waals surface area contributed by atoms with Crippen molar-refractivity contribution in [1.82, 2.24) is 10.8 Å². The van der Waals surface area contributed by atoms with E-state index in [0.29, 0.717) is 0 Å². The third-order valence-corrected chi connectivity index (χ3v) is 11.2. The summed E-state index contributed by atoms with van der Waals surface area (Å²) in [7, 11) is 0. The molecule has 3 nitrogen and oxygen atoms in total. The zero-order chi connectivity index (χ0) is 15.0. The molecule has 0 aliphatic heterocycles. The van der Waals surface area contributed by atoms with Crippen molar-refractivity contribution >= 4 is 56.5 Å². The molecule has 0 aromatic rings. The van der Waals surface area contributed by atoms with E-state index in [1.165, 1.54) is 39.3 Å². The van der Waals surface area contributed by atoms with E-state index in [1.54, 1.807) is 0 Å². The van der Waals surface area contributed by atoms with Crippen LogP contribution in [0.3, 0.4) is 0 Å². The van der Waals surface area contributed by atoms with Gasteiger partial charge in [-0.3, -0.25) is 0 Å². The van der Waals surface area contributed by atoms with Gasteiger partial charge in [-0.25, -0.2) is 0 Å². The Hall–Kier alpha value is 1.79. The Morgan fingerprint density at radius 3 is 0.556 bits per heavy atom. The standard InChI is InChI=1S/3C4H10N.3Ga.6H/c3*1-3-5-4-2;;;;;;;;;/h3*3-4H2,1-2H3;;;;;;;;;/q3*-1;3*+1;;;;;;. The number of hydrogen-bond acceptors (Lipinski definition) is 3. The first-order valence-electron chi connectivity index (χ1n) is 7.48. The van der Waals surface area contributed by atoms with E-state index < -0.39 is 0 Å². The monoisotopic (exact) mass is 429 g/mol. The molecule has 0 spiro atoms. The molecule has 6 heteroatoms. The van der Waals surface area contributed by atoms with Crippen LogP contribution in [0.2, 0.25) is 0 Å². The van der Waals surface area contributed by atoms with Crippen LogP contribution in [0, 0.1) is 0 Å². The predicted octanol–water partition coefficient (Wildman–Crippen LogP) is -0.371. The maximum atomic E-state index is 2.44. The third-order valence-electron chi connectivity index (χ3n) is 3.24. The summed E-state index contributed by atoms with van der Waals surface area (Å²) in [5, 5.41) is 0. The summed E-state index contributed by atoms with van der Waals surface area (Å²) >= 11 is 2.74. The van der Waals surface area contributed by atoms with Gasteiger partial charge in [0.15, 0.2) is 0 Å². The summed E-state index contributed by atoms with van der Waals surface area (Å²) in [6.07, 6.45) is 0. The fraction of sp³-hybridized carbons (Fsp3) is 1.00. The fourth-order valence-electron chi connectivity index (χ4n) is 0.671. The third kappa shape index (κ3) is 26.4. The molecule has 0 rings (SSSR count). The molecular weight excluding hydrogens is 395 g/mol. The molecule has 0 atom stereocenters. The van der Waals surface area contributed by atoms with Gasteiger partial charge in [0, 0.05) is 0 Å². The quantitative estimate of drug-likeness (QED) is 0.532. The molecule has 0 heterocycles. The number of nitrogens with zero attached hydrogens (tertiary/aromatic N) is 3. The Morgan fingerprint density at radius 2 is 0.556 bits per heavy atom. The Morgan fingerprint density at radius 1 is 0.444 bits per heavy atom. The SMILES string of the molecule is CC[N]([GaH2])CC.CC[N]([GaH2])CC.CC[N]([GaH2])CC. The number of rotatable bonds is 6. The van der Waals surface area contributed by atoms with E-state index in [9.17, 15) is 0 Å². The predicted molar refractivity (Wildman–Crippen MR) is 94.4 cm³/mol. The van der Waals surface area contributed by atoms with Crippen LogP contribution in [0.4, 0.5) is 0 Å². The Kier molecular flexibility index (Phi) is 29.0. The molecule has 0 aromatic carbocycles. The summed E-state index contributed by atoms with van der Waals surface area (Å²) in [5.41, 5.74) is 0. The second-order valence-electron chi connectivity index (χ2n) is 4.47. The van der Waals surface area contributed by atoms with Gasteiger partial charge in [-0.15, -0.1) is 0 Å². The van der Waals surface area contributed by atoms with E-state index in [1.807, 2.05) is 0 Å². The summed E-state index contributed by atoms with van der Waals surface area (Å²) in [4.78, 5) is 0. The fourth-order valence-corrected chi connectivity index (χ4v) is 0.671. The van der Waals surface area contributed by atoms with Crippen LogP contribution in [0.25, 0.3) is 0 Å². The zero-order valence-electron chi connectivity index (χ0n) is 14.6. The van der Waals surface area contributed by atoms with E-state index in [0.717, 1.165) is 56.5 Å². The molecule has 0 saturated heterocycles. The maximum absolute atomic E-state index is 2.44.